The minimum absolute atomic E-state index is 1.23. The summed E-state index contributed by atoms with van der Waals surface area (Å²) >= 11 is 1.85. The normalized spacial score (nSPS) is 20.5. The van der Waals surface area contributed by atoms with E-state index in [1.807, 2.05) is 24.2 Å². The SMILES string of the molecule is C[NH+]1/C(=C\c2cc[nH+]cc2)Sc2ccccc21. The van der Waals surface area contributed by atoms with Gasteiger partial charge in [-0.1, -0.05) is 12.1 Å². The molecule has 0 fully saturated rings. The van der Waals surface area contributed by atoms with Crippen LogP contribution in [0.25, 0.3) is 6.08 Å². The van der Waals surface area contributed by atoms with Crippen LogP contribution >= 0.6 is 11.8 Å². The quantitative estimate of drug-likeness (QED) is 0.807. The maximum atomic E-state index is 3.04. The van der Waals surface area contributed by atoms with Gasteiger partial charge in [-0.15, -0.1) is 0 Å². The van der Waals surface area contributed by atoms with Gasteiger partial charge in [-0.25, -0.2) is 4.98 Å². The number of thioether (sulfide) groups is 1. The molecule has 3 rings (SSSR count). The van der Waals surface area contributed by atoms with E-state index in [0.717, 1.165) is 0 Å². The molecule has 1 unspecified atom stereocenters. The molecular weight excluding hydrogens is 228 g/mol. The first-order valence-corrected chi connectivity index (χ1v) is 6.45. The molecule has 1 aliphatic rings. The van der Waals surface area contributed by atoms with Crippen molar-refractivity contribution in [3.05, 3.63) is 59.4 Å². The van der Waals surface area contributed by atoms with Gasteiger partial charge < -0.3 is 0 Å². The fourth-order valence-corrected chi connectivity index (χ4v) is 3.15. The number of para-hydroxylation sites is 1. The van der Waals surface area contributed by atoms with E-state index in [1.165, 1.54) is 26.1 Å². The van der Waals surface area contributed by atoms with Crippen molar-refractivity contribution in [3.8, 4) is 0 Å². The van der Waals surface area contributed by atoms with Crippen LogP contribution in [0.4, 0.5) is 5.69 Å². The number of aromatic nitrogens is 1. The topological polar surface area (TPSA) is 18.6 Å². The van der Waals surface area contributed by atoms with E-state index in [-0.39, 0.29) is 0 Å². The van der Waals surface area contributed by atoms with Gasteiger partial charge in [-0.3, -0.25) is 4.90 Å². The highest BCUT2D eigenvalue weighted by Gasteiger charge is 2.27. The molecule has 0 radical (unpaired) electrons. The Hall–Kier alpha value is -1.58. The molecule has 1 aromatic heterocycles. The Kier molecular flexibility index (Phi) is 2.71. The number of benzene rings is 1. The number of quaternary nitrogens is 1. The van der Waals surface area contributed by atoms with Crippen LogP contribution in [0.3, 0.4) is 0 Å². The van der Waals surface area contributed by atoms with E-state index in [2.05, 4.69) is 54.5 Å². The van der Waals surface area contributed by atoms with E-state index in [9.17, 15) is 0 Å². The molecule has 0 bridgehead atoms. The van der Waals surface area contributed by atoms with E-state index in [1.54, 1.807) is 0 Å². The molecule has 84 valence electrons. The zero-order chi connectivity index (χ0) is 11.7. The number of pyridine rings is 1. The van der Waals surface area contributed by atoms with E-state index in [4.69, 9.17) is 0 Å². The number of aromatic amines is 1. The summed E-state index contributed by atoms with van der Waals surface area (Å²) in [5, 5.41) is 1.34. The molecule has 2 heterocycles. The molecule has 0 amide bonds. The van der Waals surface area contributed by atoms with Gasteiger partial charge in [0.1, 0.15) is 0 Å². The summed E-state index contributed by atoms with van der Waals surface area (Å²) in [5.74, 6) is 0. The Morgan fingerprint density at radius 2 is 1.88 bits per heavy atom. The van der Waals surface area contributed by atoms with Crippen molar-refractivity contribution in [2.45, 2.75) is 4.90 Å². The second kappa shape index (κ2) is 4.35. The predicted molar refractivity (Wildman–Crippen MR) is 69.8 cm³/mol. The molecule has 2 nitrogen and oxygen atoms in total. The zero-order valence-corrected chi connectivity index (χ0v) is 10.4. The van der Waals surface area contributed by atoms with Gasteiger partial charge in [-0.2, -0.15) is 0 Å². The van der Waals surface area contributed by atoms with Crippen molar-refractivity contribution in [1.29, 1.82) is 0 Å². The van der Waals surface area contributed by atoms with Crippen molar-refractivity contribution < 1.29 is 9.88 Å². The monoisotopic (exact) mass is 242 g/mol. The Labute approximate surface area is 105 Å². The van der Waals surface area contributed by atoms with Crippen molar-refractivity contribution in [2.24, 2.45) is 0 Å². The molecule has 1 aromatic carbocycles. The van der Waals surface area contributed by atoms with E-state index < -0.39 is 0 Å². The van der Waals surface area contributed by atoms with Crippen LogP contribution in [0, 0.1) is 0 Å². The third-order valence-electron chi connectivity index (χ3n) is 2.92. The van der Waals surface area contributed by atoms with Gasteiger partial charge in [0, 0.05) is 24.3 Å². The average molecular weight is 242 g/mol. The van der Waals surface area contributed by atoms with E-state index >= 15 is 0 Å². The van der Waals surface area contributed by atoms with Crippen molar-refractivity contribution in [2.75, 3.05) is 7.05 Å². The molecule has 1 aliphatic heterocycles. The summed E-state index contributed by atoms with van der Waals surface area (Å²) < 4.78 is 0. The van der Waals surface area contributed by atoms with Crippen LogP contribution in [0.5, 0.6) is 0 Å². The molecule has 0 saturated carbocycles. The molecule has 0 aliphatic carbocycles. The number of nitrogens with one attached hydrogen (secondary N) is 2. The summed E-state index contributed by atoms with van der Waals surface area (Å²) in [4.78, 5) is 5.78. The molecule has 0 saturated heterocycles. The maximum Gasteiger partial charge on any atom is 0.176 e. The molecule has 1 atom stereocenters. The van der Waals surface area contributed by atoms with Crippen LogP contribution in [-0.2, 0) is 0 Å². The first-order valence-electron chi connectivity index (χ1n) is 5.63. The molecule has 3 heteroatoms. The molecule has 2 N–H and O–H groups in total. The molecular formula is C14H14N2S+2. The summed E-state index contributed by atoms with van der Waals surface area (Å²) in [5.41, 5.74) is 2.60. The lowest BCUT2D eigenvalue weighted by Crippen LogP contribution is -3.00. The predicted octanol–water partition coefficient (Wildman–Crippen LogP) is 1.75. The smallest absolute Gasteiger partial charge is 0.176 e. The summed E-state index contributed by atoms with van der Waals surface area (Å²) in [6.07, 6.45) is 6.15. The van der Waals surface area contributed by atoms with Crippen molar-refractivity contribution in [3.63, 3.8) is 0 Å². The van der Waals surface area contributed by atoms with Crippen LogP contribution in [0.15, 0.2) is 58.7 Å². The minimum Gasteiger partial charge on any atom is -0.266 e. The number of fused-ring (bicyclic) bond motifs is 1. The second-order valence-corrected chi connectivity index (χ2v) is 5.15. The van der Waals surface area contributed by atoms with Gasteiger partial charge >= 0.3 is 0 Å². The number of hydrogen-bond acceptors (Lipinski definition) is 1. The van der Waals surface area contributed by atoms with Crippen LogP contribution in [0.2, 0.25) is 0 Å². The number of rotatable bonds is 1. The van der Waals surface area contributed by atoms with Crippen LogP contribution in [0.1, 0.15) is 5.56 Å². The average Bonchev–Trinajstić information content (AvgIpc) is 2.68. The number of H-pyrrole nitrogens is 1. The standard InChI is InChI=1S/C14H12N2S/c1-16-12-4-2-3-5-13(12)17-14(16)10-11-6-8-15-9-7-11/h2-10H,1H3/p+2/b14-10+. The van der Waals surface area contributed by atoms with Gasteiger partial charge in [0.25, 0.3) is 0 Å². The number of hydrogen-bond donors (Lipinski definition) is 1. The highest BCUT2D eigenvalue weighted by Crippen LogP contribution is 2.35. The Bertz CT molecular complexity index is 563. The first-order chi connectivity index (χ1) is 8.34. The van der Waals surface area contributed by atoms with Crippen LogP contribution < -0.4 is 9.88 Å². The third kappa shape index (κ3) is 1.99. The maximum absolute atomic E-state index is 3.04. The second-order valence-electron chi connectivity index (χ2n) is 4.07. The third-order valence-corrected chi connectivity index (χ3v) is 4.14. The van der Waals surface area contributed by atoms with Crippen molar-refractivity contribution >= 4 is 23.5 Å². The lowest BCUT2D eigenvalue weighted by molar-refractivity contribution is -0.754. The lowest BCUT2D eigenvalue weighted by atomic mass is 10.2. The zero-order valence-electron chi connectivity index (χ0n) is 9.60. The van der Waals surface area contributed by atoms with E-state index in [0.29, 0.717) is 0 Å². The van der Waals surface area contributed by atoms with Gasteiger partial charge in [-0.05, 0) is 23.4 Å². The molecule has 0 spiro atoms. The Balaban J connectivity index is 1.97. The largest absolute Gasteiger partial charge is 0.266 e. The van der Waals surface area contributed by atoms with Gasteiger partial charge in [0.15, 0.2) is 23.1 Å². The molecule has 17 heavy (non-hydrogen) atoms. The Morgan fingerprint density at radius 3 is 2.65 bits per heavy atom. The molecule has 2 aromatic rings. The fourth-order valence-electron chi connectivity index (χ4n) is 1.98. The first kappa shape index (κ1) is 10.6. The summed E-state index contributed by atoms with van der Waals surface area (Å²) in [6.45, 7) is 0. The van der Waals surface area contributed by atoms with Gasteiger partial charge in [0.2, 0.25) is 0 Å². The lowest BCUT2D eigenvalue weighted by Gasteiger charge is -2.05. The fraction of sp³-hybridized carbons (Fsp3) is 0.0714. The highest BCUT2D eigenvalue weighted by atomic mass is 32.2. The minimum atomic E-state index is 1.23. The van der Waals surface area contributed by atoms with Crippen LogP contribution in [-0.4, -0.2) is 7.05 Å². The highest BCUT2D eigenvalue weighted by molar-refractivity contribution is 8.03. The summed E-state index contributed by atoms with van der Waals surface area (Å²) in [7, 11) is 2.19. The van der Waals surface area contributed by atoms with Gasteiger partial charge in [0.05, 0.1) is 11.9 Å². The Morgan fingerprint density at radius 1 is 1.12 bits per heavy atom. The summed E-state index contributed by atoms with van der Waals surface area (Å²) in [6, 6.07) is 12.7. The van der Waals surface area contributed by atoms with Crippen molar-refractivity contribution in [1.82, 2.24) is 0 Å².